The molecule has 2 amide bonds. The number of hydrogen-bond donors (Lipinski definition) is 1. The number of rotatable bonds is 3. The number of nitrogens with one attached hydrogen (secondary N) is 1. The molecule has 0 aromatic heterocycles. The van der Waals surface area contributed by atoms with E-state index in [4.69, 9.17) is 9.47 Å². The smallest absolute Gasteiger partial charge is 0.254 e. The summed E-state index contributed by atoms with van der Waals surface area (Å²) < 4.78 is 10.9. The molecule has 1 aromatic carbocycles. The molecule has 0 bridgehead atoms. The average molecular weight is 306 g/mol. The van der Waals surface area contributed by atoms with E-state index in [1.54, 1.807) is 25.2 Å². The minimum absolute atomic E-state index is 0.00451. The second-order valence-corrected chi connectivity index (χ2v) is 6.32. The van der Waals surface area contributed by atoms with Gasteiger partial charge in [-0.3, -0.25) is 9.59 Å². The molecule has 0 aliphatic carbocycles. The van der Waals surface area contributed by atoms with Crippen LogP contribution in [-0.2, 0) is 4.79 Å². The van der Waals surface area contributed by atoms with Crippen LogP contribution in [0.4, 0.5) is 0 Å². The zero-order valence-electron chi connectivity index (χ0n) is 13.4. The van der Waals surface area contributed by atoms with Gasteiger partial charge in [0.15, 0.2) is 11.5 Å². The van der Waals surface area contributed by atoms with Crippen molar-refractivity contribution in [3.05, 3.63) is 23.8 Å². The molecule has 0 atom stereocenters. The first-order valence-corrected chi connectivity index (χ1v) is 7.22. The fraction of sp³-hybridized carbons (Fsp3) is 0.500. The molecule has 0 saturated heterocycles. The molecular weight excluding hydrogens is 284 g/mol. The molecule has 0 spiro atoms. The van der Waals surface area contributed by atoms with E-state index in [9.17, 15) is 9.59 Å². The summed E-state index contributed by atoms with van der Waals surface area (Å²) in [6, 6.07) is 5.04. The summed E-state index contributed by atoms with van der Waals surface area (Å²) in [4.78, 5) is 25.7. The standard InChI is InChI=1S/C16H22N2O4/c1-16(2,3)17-14(19)10-18(4)15(20)11-5-6-12-13(9-11)22-8-7-21-12/h5-6,9H,7-8,10H2,1-4H3,(H,17,19). The van der Waals surface area contributed by atoms with Gasteiger partial charge in [0.25, 0.3) is 5.91 Å². The molecule has 2 rings (SSSR count). The minimum Gasteiger partial charge on any atom is -0.486 e. The molecule has 6 nitrogen and oxygen atoms in total. The number of ether oxygens (including phenoxy) is 2. The van der Waals surface area contributed by atoms with Crippen molar-refractivity contribution in [2.75, 3.05) is 26.8 Å². The maximum atomic E-state index is 12.4. The van der Waals surface area contributed by atoms with Crippen LogP contribution in [0.25, 0.3) is 0 Å². The van der Waals surface area contributed by atoms with Crippen LogP contribution >= 0.6 is 0 Å². The van der Waals surface area contributed by atoms with Gasteiger partial charge >= 0.3 is 0 Å². The Morgan fingerprint density at radius 1 is 1.18 bits per heavy atom. The highest BCUT2D eigenvalue weighted by Crippen LogP contribution is 2.30. The third-order valence-corrected chi connectivity index (χ3v) is 3.03. The summed E-state index contributed by atoms with van der Waals surface area (Å²) in [5.41, 5.74) is 0.146. The van der Waals surface area contributed by atoms with Crippen LogP contribution in [-0.4, -0.2) is 49.1 Å². The number of nitrogens with zero attached hydrogens (tertiary/aromatic N) is 1. The molecule has 1 N–H and O–H groups in total. The lowest BCUT2D eigenvalue weighted by Gasteiger charge is -2.24. The lowest BCUT2D eigenvalue weighted by molar-refractivity contribution is -0.122. The molecule has 1 aliphatic rings. The van der Waals surface area contributed by atoms with Crippen LogP contribution in [0.2, 0.25) is 0 Å². The third kappa shape index (κ3) is 4.13. The fourth-order valence-corrected chi connectivity index (χ4v) is 2.14. The first kappa shape index (κ1) is 16.1. The highest BCUT2D eigenvalue weighted by molar-refractivity contribution is 5.97. The van der Waals surface area contributed by atoms with Crippen LogP contribution < -0.4 is 14.8 Å². The van der Waals surface area contributed by atoms with Crippen molar-refractivity contribution >= 4 is 11.8 Å². The monoisotopic (exact) mass is 306 g/mol. The van der Waals surface area contributed by atoms with E-state index in [0.717, 1.165) is 0 Å². The predicted molar refractivity (Wildman–Crippen MR) is 82.3 cm³/mol. The number of carbonyl (C=O) groups is 2. The van der Waals surface area contributed by atoms with E-state index in [1.807, 2.05) is 20.8 Å². The fourth-order valence-electron chi connectivity index (χ4n) is 2.14. The molecule has 1 heterocycles. The number of amides is 2. The molecule has 1 aromatic rings. The number of benzene rings is 1. The van der Waals surface area contributed by atoms with Crippen molar-refractivity contribution in [1.29, 1.82) is 0 Å². The van der Waals surface area contributed by atoms with Crippen molar-refractivity contribution < 1.29 is 19.1 Å². The topological polar surface area (TPSA) is 67.9 Å². The van der Waals surface area contributed by atoms with Gasteiger partial charge < -0.3 is 19.7 Å². The molecule has 1 aliphatic heterocycles. The number of fused-ring (bicyclic) bond motifs is 1. The van der Waals surface area contributed by atoms with Crippen LogP contribution in [0.1, 0.15) is 31.1 Å². The molecule has 0 fully saturated rings. The van der Waals surface area contributed by atoms with Gasteiger partial charge in [0.2, 0.25) is 5.91 Å². The zero-order valence-corrected chi connectivity index (χ0v) is 13.4. The van der Waals surface area contributed by atoms with E-state index in [-0.39, 0.29) is 23.9 Å². The summed E-state index contributed by atoms with van der Waals surface area (Å²) in [7, 11) is 1.60. The van der Waals surface area contributed by atoms with Gasteiger partial charge in [-0.1, -0.05) is 0 Å². The van der Waals surface area contributed by atoms with E-state index in [2.05, 4.69) is 5.32 Å². The lowest BCUT2D eigenvalue weighted by atomic mass is 10.1. The number of carbonyl (C=O) groups excluding carboxylic acids is 2. The van der Waals surface area contributed by atoms with Crippen LogP contribution in [0, 0.1) is 0 Å². The summed E-state index contributed by atoms with van der Waals surface area (Å²) >= 11 is 0. The second-order valence-electron chi connectivity index (χ2n) is 6.32. The average Bonchev–Trinajstić information content (AvgIpc) is 2.43. The maximum Gasteiger partial charge on any atom is 0.254 e. The Bertz CT molecular complexity index is 578. The normalized spacial score (nSPS) is 13.5. The number of hydrogen-bond acceptors (Lipinski definition) is 4. The van der Waals surface area contributed by atoms with E-state index >= 15 is 0 Å². The van der Waals surface area contributed by atoms with E-state index < -0.39 is 0 Å². The molecule has 22 heavy (non-hydrogen) atoms. The molecular formula is C16H22N2O4. The number of likely N-dealkylation sites (N-methyl/N-ethyl adjacent to an activating group) is 1. The predicted octanol–water partition coefficient (Wildman–Crippen LogP) is 1.44. The Morgan fingerprint density at radius 2 is 1.82 bits per heavy atom. The van der Waals surface area contributed by atoms with E-state index in [0.29, 0.717) is 30.3 Å². The van der Waals surface area contributed by atoms with Crippen molar-refractivity contribution in [2.24, 2.45) is 0 Å². The summed E-state index contributed by atoms with van der Waals surface area (Å²) in [6.45, 7) is 6.67. The van der Waals surface area contributed by atoms with E-state index in [1.165, 1.54) is 4.90 Å². The van der Waals surface area contributed by atoms with Crippen LogP contribution in [0.15, 0.2) is 18.2 Å². The first-order valence-electron chi connectivity index (χ1n) is 7.22. The second kappa shape index (κ2) is 6.25. The quantitative estimate of drug-likeness (QED) is 0.917. The minimum atomic E-state index is -0.321. The summed E-state index contributed by atoms with van der Waals surface area (Å²) in [5.74, 6) is 0.766. The highest BCUT2D eigenvalue weighted by atomic mass is 16.6. The van der Waals surface area contributed by atoms with Crippen molar-refractivity contribution in [2.45, 2.75) is 26.3 Å². The summed E-state index contributed by atoms with van der Waals surface area (Å²) in [5, 5.41) is 2.83. The van der Waals surface area contributed by atoms with Gasteiger partial charge in [-0.05, 0) is 39.0 Å². The molecule has 0 radical (unpaired) electrons. The Balaban J connectivity index is 2.03. The van der Waals surface area contributed by atoms with Gasteiger partial charge in [0, 0.05) is 18.2 Å². The molecule has 0 saturated carbocycles. The first-order chi connectivity index (χ1) is 10.3. The Morgan fingerprint density at radius 3 is 2.45 bits per heavy atom. The van der Waals surface area contributed by atoms with Crippen LogP contribution in [0.5, 0.6) is 11.5 Å². The van der Waals surface area contributed by atoms with Gasteiger partial charge in [0.1, 0.15) is 13.2 Å². The van der Waals surface area contributed by atoms with Gasteiger partial charge in [0.05, 0.1) is 6.54 Å². The Kier molecular flexibility index (Phi) is 4.59. The van der Waals surface area contributed by atoms with Gasteiger partial charge in [-0.25, -0.2) is 0 Å². The molecule has 6 heteroatoms. The van der Waals surface area contributed by atoms with Gasteiger partial charge in [-0.2, -0.15) is 0 Å². The SMILES string of the molecule is CN(CC(=O)NC(C)(C)C)C(=O)c1ccc2c(c1)OCCO2. The maximum absolute atomic E-state index is 12.4. The zero-order chi connectivity index (χ0) is 16.3. The van der Waals surface area contributed by atoms with Crippen molar-refractivity contribution in [1.82, 2.24) is 10.2 Å². The van der Waals surface area contributed by atoms with Crippen molar-refractivity contribution in [3.8, 4) is 11.5 Å². The van der Waals surface area contributed by atoms with Gasteiger partial charge in [-0.15, -0.1) is 0 Å². The molecule has 120 valence electrons. The lowest BCUT2D eigenvalue weighted by Crippen LogP contribution is -2.46. The third-order valence-electron chi connectivity index (χ3n) is 3.03. The van der Waals surface area contributed by atoms with Crippen molar-refractivity contribution in [3.63, 3.8) is 0 Å². The summed E-state index contributed by atoms with van der Waals surface area (Å²) in [6.07, 6.45) is 0. The Labute approximate surface area is 130 Å². The van der Waals surface area contributed by atoms with Crippen LogP contribution in [0.3, 0.4) is 0 Å². The Hall–Kier alpha value is -2.24. The highest BCUT2D eigenvalue weighted by Gasteiger charge is 2.20. The largest absolute Gasteiger partial charge is 0.486 e. The molecule has 0 unspecified atom stereocenters.